The summed E-state index contributed by atoms with van der Waals surface area (Å²) in [4.78, 5) is 12.3. The van der Waals surface area contributed by atoms with E-state index in [0.717, 1.165) is 34.9 Å². The van der Waals surface area contributed by atoms with Crippen LogP contribution >= 0.6 is 11.5 Å². The maximum Gasteiger partial charge on any atom is 0.273 e. The van der Waals surface area contributed by atoms with Crippen LogP contribution in [0, 0.1) is 0 Å². The number of benzene rings is 2. The predicted octanol–water partition coefficient (Wildman–Crippen LogP) is 3.34. The van der Waals surface area contributed by atoms with Crippen LogP contribution in [0.5, 0.6) is 5.75 Å². The van der Waals surface area contributed by atoms with Crippen LogP contribution in [0.2, 0.25) is 0 Å². The fourth-order valence-electron chi connectivity index (χ4n) is 2.96. The molecule has 0 bridgehead atoms. The molecule has 1 aromatic heterocycles. The summed E-state index contributed by atoms with van der Waals surface area (Å²) in [6.07, 6.45) is 1.73. The van der Waals surface area contributed by atoms with E-state index in [1.807, 2.05) is 18.2 Å². The average Bonchev–Trinajstić information content (AvgIpc) is 3.04. The Bertz CT molecular complexity index is 848. The number of fused-ring (bicyclic) bond motifs is 3. The predicted molar refractivity (Wildman–Crippen MR) is 88.8 cm³/mol. The minimum Gasteiger partial charge on any atom is -0.493 e. The number of hydrogen-bond acceptors (Lipinski definition) is 5. The number of ether oxygens (including phenoxy) is 1. The molecule has 2 aromatic carbocycles. The number of nitrogens with one attached hydrogen (secondary N) is 1. The number of carbonyl (C=O) groups excluding carboxylic acids is 1. The first kappa shape index (κ1) is 14.1. The number of nitrogens with zero attached hydrogens (tertiary/aromatic N) is 2. The van der Waals surface area contributed by atoms with Gasteiger partial charge in [0.1, 0.15) is 5.75 Å². The first-order chi connectivity index (χ1) is 11.3. The van der Waals surface area contributed by atoms with Crippen molar-refractivity contribution in [2.24, 2.45) is 0 Å². The summed E-state index contributed by atoms with van der Waals surface area (Å²) in [7, 11) is 0. The van der Waals surface area contributed by atoms with Gasteiger partial charge < -0.3 is 10.1 Å². The van der Waals surface area contributed by atoms with Crippen molar-refractivity contribution >= 4 is 28.2 Å². The van der Waals surface area contributed by atoms with Gasteiger partial charge in [0.2, 0.25) is 0 Å². The van der Waals surface area contributed by atoms with Crippen molar-refractivity contribution < 1.29 is 9.53 Å². The van der Waals surface area contributed by atoms with Crippen LogP contribution in [0.25, 0.3) is 10.8 Å². The van der Waals surface area contributed by atoms with Crippen LogP contribution in [-0.2, 0) is 0 Å². The minimum atomic E-state index is -0.190. The highest BCUT2D eigenvalue weighted by Crippen LogP contribution is 2.37. The summed E-state index contributed by atoms with van der Waals surface area (Å²) < 4.78 is 9.73. The van der Waals surface area contributed by atoms with Crippen molar-refractivity contribution in [1.82, 2.24) is 14.9 Å². The molecule has 2 heterocycles. The molecule has 116 valence electrons. The molecule has 0 spiro atoms. The Kier molecular flexibility index (Phi) is 3.67. The number of aromatic nitrogens is 2. The summed E-state index contributed by atoms with van der Waals surface area (Å²) in [5.41, 5.74) is 1.39. The topological polar surface area (TPSA) is 64.1 Å². The molecule has 0 saturated carbocycles. The lowest BCUT2D eigenvalue weighted by molar-refractivity contribution is 0.0929. The molecule has 0 radical (unpaired) electrons. The third kappa shape index (κ3) is 2.66. The molecule has 23 heavy (non-hydrogen) atoms. The second-order valence-electron chi connectivity index (χ2n) is 5.51. The highest BCUT2D eigenvalue weighted by molar-refractivity contribution is 7.03. The fraction of sp³-hybridized carbons (Fsp3) is 0.235. The summed E-state index contributed by atoms with van der Waals surface area (Å²) in [5, 5.41) is 10.8. The van der Waals surface area contributed by atoms with Crippen molar-refractivity contribution in [2.75, 3.05) is 6.61 Å². The van der Waals surface area contributed by atoms with E-state index in [-0.39, 0.29) is 11.9 Å². The third-order valence-electron chi connectivity index (χ3n) is 4.07. The van der Waals surface area contributed by atoms with Crippen molar-refractivity contribution in [3.05, 3.63) is 53.0 Å². The van der Waals surface area contributed by atoms with Gasteiger partial charge in [-0.15, -0.1) is 5.10 Å². The molecule has 1 aliphatic rings. The van der Waals surface area contributed by atoms with Gasteiger partial charge in [-0.1, -0.05) is 40.9 Å². The van der Waals surface area contributed by atoms with E-state index >= 15 is 0 Å². The van der Waals surface area contributed by atoms with Crippen LogP contribution in [0.15, 0.2) is 41.8 Å². The molecule has 0 saturated heterocycles. The maximum atomic E-state index is 12.3. The number of hydrogen-bond donors (Lipinski definition) is 1. The van der Waals surface area contributed by atoms with Crippen molar-refractivity contribution in [3.63, 3.8) is 0 Å². The normalized spacial score (nSPS) is 17.1. The lowest BCUT2D eigenvalue weighted by Crippen LogP contribution is -2.28. The van der Waals surface area contributed by atoms with Crippen molar-refractivity contribution in [1.29, 1.82) is 0 Å². The van der Waals surface area contributed by atoms with Crippen LogP contribution in [0.3, 0.4) is 0 Å². The average molecular weight is 325 g/mol. The third-order valence-corrected chi connectivity index (χ3v) is 4.57. The SMILES string of the molecule is O=C(N[C@@H]1CCCOc2c1ccc1ccccc21)c1csnn1. The molecule has 1 atom stereocenters. The molecule has 1 N–H and O–H groups in total. The minimum absolute atomic E-state index is 0.0775. The highest BCUT2D eigenvalue weighted by Gasteiger charge is 2.24. The Morgan fingerprint density at radius 3 is 3.04 bits per heavy atom. The van der Waals surface area contributed by atoms with Crippen LogP contribution < -0.4 is 10.1 Å². The maximum absolute atomic E-state index is 12.3. The van der Waals surface area contributed by atoms with E-state index < -0.39 is 0 Å². The molecule has 0 unspecified atom stereocenters. The second kappa shape index (κ2) is 5.96. The van der Waals surface area contributed by atoms with Crippen molar-refractivity contribution in [3.8, 4) is 5.75 Å². The van der Waals surface area contributed by atoms with Crippen LogP contribution in [-0.4, -0.2) is 22.1 Å². The quantitative estimate of drug-likeness (QED) is 0.785. The van der Waals surface area contributed by atoms with Gasteiger partial charge in [0.15, 0.2) is 5.69 Å². The van der Waals surface area contributed by atoms with Gasteiger partial charge in [0.25, 0.3) is 5.91 Å². The monoisotopic (exact) mass is 325 g/mol. The van der Waals surface area contributed by atoms with E-state index in [2.05, 4.69) is 33.1 Å². The van der Waals surface area contributed by atoms with E-state index in [4.69, 9.17) is 4.74 Å². The van der Waals surface area contributed by atoms with Gasteiger partial charge >= 0.3 is 0 Å². The Balaban J connectivity index is 1.72. The molecule has 0 fully saturated rings. The lowest BCUT2D eigenvalue weighted by atomic mass is 9.98. The fourth-order valence-corrected chi connectivity index (χ4v) is 3.39. The van der Waals surface area contributed by atoms with E-state index in [1.54, 1.807) is 5.38 Å². The zero-order valence-corrected chi connectivity index (χ0v) is 13.2. The largest absolute Gasteiger partial charge is 0.493 e. The van der Waals surface area contributed by atoms with Crippen molar-refractivity contribution in [2.45, 2.75) is 18.9 Å². The summed E-state index contributed by atoms with van der Waals surface area (Å²) >= 11 is 1.17. The Hall–Kier alpha value is -2.47. The number of amides is 1. The van der Waals surface area contributed by atoms with E-state index in [9.17, 15) is 4.79 Å². The standard InChI is InChI=1S/C17H15N3O2S/c21-17(15-10-23-20-19-15)18-14-6-3-9-22-16-12-5-2-1-4-11(12)7-8-13(14)16/h1-2,4-5,7-8,10,14H,3,6,9H2,(H,18,21)/t14-/m1/s1. The lowest BCUT2D eigenvalue weighted by Gasteiger charge is -2.19. The molecule has 4 rings (SSSR count). The van der Waals surface area contributed by atoms with E-state index in [1.165, 1.54) is 11.5 Å². The first-order valence-corrected chi connectivity index (χ1v) is 8.39. The molecular formula is C17H15N3O2S. The van der Waals surface area contributed by atoms with Gasteiger partial charge in [0.05, 0.1) is 12.6 Å². The first-order valence-electron chi connectivity index (χ1n) is 7.55. The molecule has 5 nitrogen and oxygen atoms in total. The molecule has 1 aliphatic heterocycles. The second-order valence-corrected chi connectivity index (χ2v) is 6.12. The Morgan fingerprint density at radius 2 is 2.17 bits per heavy atom. The Labute approximate surface area is 137 Å². The summed E-state index contributed by atoms with van der Waals surface area (Å²) in [5.74, 6) is 0.687. The van der Waals surface area contributed by atoms with E-state index in [0.29, 0.717) is 12.3 Å². The van der Waals surface area contributed by atoms with Gasteiger partial charge in [-0.25, -0.2) is 0 Å². The summed E-state index contributed by atoms with van der Waals surface area (Å²) in [6.45, 7) is 0.658. The molecule has 1 amide bonds. The zero-order chi connectivity index (χ0) is 15.6. The number of carbonyl (C=O) groups is 1. The van der Waals surface area contributed by atoms with Crippen LogP contribution in [0.4, 0.5) is 0 Å². The van der Waals surface area contributed by atoms with Gasteiger partial charge in [-0.3, -0.25) is 4.79 Å². The molecular weight excluding hydrogens is 310 g/mol. The Morgan fingerprint density at radius 1 is 1.26 bits per heavy atom. The number of rotatable bonds is 2. The molecule has 6 heteroatoms. The smallest absolute Gasteiger partial charge is 0.273 e. The van der Waals surface area contributed by atoms with Gasteiger partial charge in [-0.2, -0.15) is 0 Å². The molecule has 0 aliphatic carbocycles. The summed E-state index contributed by atoms with van der Waals surface area (Å²) in [6, 6.07) is 12.2. The van der Waals surface area contributed by atoms with Gasteiger partial charge in [0, 0.05) is 16.3 Å². The zero-order valence-electron chi connectivity index (χ0n) is 12.4. The van der Waals surface area contributed by atoms with Crippen LogP contribution in [0.1, 0.15) is 34.9 Å². The highest BCUT2D eigenvalue weighted by atomic mass is 32.1. The van der Waals surface area contributed by atoms with Gasteiger partial charge in [-0.05, 0) is 29.8 Å². The molecule has 3 aromatic rings.